The summed E-state index contributed by atoms with van der Waals surface area (Å²) in [6.07, 6.45) is -3.25. The highest BCUT2D eigenvalue weighted by atomic mass is 127. The van der Waals surface area contributed by atoms with Crippen molar-refractivity contribution in [2.24, 2.45) is 4.99 Å². The van der Waals surface area contributed by atoms with Crippen molar-refractivity contribution in [2.45, 2.75) is 6.18 Å². The first-order valence-electron chi connectivity index (χ1n) is 9.53. The number of para-hydroxylation sites is 2. The summed E-state index contributed by atoms with van der Waals surface area (Å²) in [5.41, 5.74) is -0.0982. The Hall–Kier alpha value is -2.44. The van der Waals surface area contributed by atoms with Crippen molar-refractivity contribution in [1.82, 2.24) is 15.2 Å². The van der Waals surface area contributed by atoms with Crippen LogP contribution in [0.1, 0.15) is 5.56 Å². The lowest BCUT2D eigenvalue weighted by atomic mass is 10.2. The molecule has 1 saturated heterocycles. The standard InChI is InChI=1S/C20H24F3N5O2.HI/c1-24-19(26-9-14-30-18-15(20(21,22)23)5-4-8-25-18)28-12-10-27(11-13-28)16-6-2-3-7-17(16)29;/h2-8,29H,9-14H2,1H3,(H,24,26);1H. The van der Waals surface area contributed by atoms with Gasteiger partial charge in [0.15, 0.2) is 5.96 Å². The van der Waals surface area contributed by atoms with Crippen LogP contribution in [0, 0.1) is 0 Å². The predicted octanol–water partition coefficient (Wildman–Crippen LogP) is 3.20. The van der Waals surface area contributed by atoms with Gasteiger partial charge in [0.25, 0.3) is 0 Å². The maximum atomic E-state index is 13.0. The first kappa shape index (κ1) is 24.8. The molecule has 0 unspecified atom stereocenters. The molecule has 0 bridgehead atoms. The minimum absolute atomic E-state index is 0. The number of ether oxygens (including phenoxy) is 1. The number of nitrogens with zero attached hydrogens (tertiary/aromatic N) is 4. The molecule has 2 aromatic rings. The van der Waals surface area contributed by atoms with Gasteiger partial charge in [-0.25, -0.2) is 4.98 Å². The number of anilines is 1. The summed E-state index contributed by atoms with van der Waals surface area (Å²) < 4.78 is 44.2. The number of nitrogens with one attached hydrogen (secondary N) is 1. The third-order valence-electron chi connectivity index (χ3n) is 4.71. The smallest absolute Gasteiger partial charge is 0.421 e. The molecule has 7 nitrogen and oxygen atoms in total. The second kappa shape index (κ2) is 11.3. The van der Waals surface area contributed by atoms with Gasteiger partial charge in [-0.3, -0.25) is 4.99 Å². The molecular formula is C20H25F3IN5O2. The lowest BCUT2D eigenvalue weighted by Gasteiger charge is -2.37. The van der Waals surface area contributed by atoms with Crippen LogP contribution >= 0.6 is 24.0 Å². The molecular weight excluding hydrogens is 526 g/mol. The number of rotatable bonds is 5. The molecule has 3 rings (SSSR count). The second-order valence-corrected chi connectivity index (χ2v) is 6.64. The van der Waals surface area contributed by atoms with Crippen molar-refractivity contribution in [3.63, 3.8) is 0 Å². The molecule has 11 heteroatoms. The van der Waals surface area contributed by atoms with Crippen LogP contribution in [-0.4, -0.2) is 67.3 Å². The maximum Gasteiger partial charge on any atom is 0.421 e. The number of aliphatic imine (C=N–C) groups is 1. The van der Waals surface area contributed by atoms with E-state index in [1.165, 1.54) is 12.3 Å². The minimum atomic E-state index is -4.51. The molecule has 1 fully saturated rings. The van der Waals surface area contributed by atoms with Crippen LogP contribution in [0.3, 0.4) is 0 Å². The quantitative estimate of drug-likeness (QED) is 0.258. The SMILES string of the molecule is CN=C(NCCOc1ncccc1C(F)(F)F)N1CCN(c2ccccc2O)CC1.I. The molecule has 0 amide bonds. The number of pyridine rings is 1. The van der Waals surface area contributed by atoms with Gasteiger partial charge in [-0.05, 0) is 24.3 Å². The molecule has 1 aromatic heterocycles. The number of phenolic OH excluding ortho intramolecular Hbond substituents is 1. The van der Waals surface area contributed by atoms with Gasteiger partial charge in [0.05, 0.1) is 12.2 Å². The fourth-order valence-corrected chi connectivity index (χ4v) is 3.26. The summed E-state index contributed by atoms with van der Waals surface area (Å²) in [6, 6.07) is 9.37. The van der Waals surface area contributed by atoms with Crippen LogP contribution in [0.2, 0.25) is 0 Å². The van der Waals surface area contributed by atoms with E-state index in [0.717, 1.165) is 11.8 Å². The van der Waals surface area contributed by atoms with Crippen molar-refractivity contribution in [3.05, 3.63) is 48.2 Å². The van der Waals surface area contributed by atoms with E-state index in [1.54, 1.807) is 19.2 Å². The molecule has 1 aliphatic rings. The van der Waals surface area contributed by atoms with Gasteiger partial charge in [-0.1, -0.05) is 12.1 Å². The van der Waals surface area contributed by atoms with Gasteiger partial charge in [0, 0.05) is 39.4 Å². The van der Waals surface area contributed by atoms with Crippen LogP contribution in [-0.2, 0) is 6.18 Å². The number of benzene rings is 1. The van der Waals surface area contributed by atoms with Crippen LogP contribution in [0.5, 0.6) is 11.6 Å². The predicted molar refractivity (Wildman–Crippen MR) is 123 cm³/mol. The molecule has 1 aromatic carbocycles. The highest BCUT2D eigenvalue weighted by Gasteiger charge is 2.35. The summed E-state index contributed by atoms with van der Waals surface area (Å²) in [5, 5.41) is 13.1. The van der Waals surface area contributed by atoms with E-state index in [0.29, 0.717) is 32.1 Å². The molecule has 31 heavy (non-hydrogen) atoms. The summed E-state index contributed by atoms with van der Waals surface area (Å²) >= 11 is 0. The van der Waals surface area contributed by atoms with E-state index < -0.39 is 17.6 Å². The normalized spacial score (nSPS) is 14.8. The molecule has 0 saturated carbocycles. The third-order valence-corrected chi connectivity index (χ3v) is 4.71. The third kappa shape index (κ3) is 6.52. The van der Waals surface area contributed by atoms with Crippen molar-refractivity contribution < 1.29 is 23.0 Å². The Labute approximate surface area is 195 Å². The first-order valence-corrected chi connectivity index (χ1v) is 9.53. The highest BCUT2D eigenvalue weighted by molar-refractivity contribution is 14.0. The van der Waals surface area contributed by atoms with Crippen molar-refractivity contribution in [1.29, 1.82) is 0 Å². The molecule has 0 atom stereocenters. The van der Waals surface area contributed by atoms with Crippen LogP contribution in [0.25, 0.3) is 0 Å². The lowest BCUT2D eigenvalue weighted by Crippen LogP contribution is -2.53. The van der Waals surface area contributed by atoms with Crippen LogP contribution < -0.4 is 15.0 Å². The fourth-order valence-electron chi connectivity index (χ4n) is 3.26. The number of hydrogen-bond acceptors (Lipinski definition) is 5. The monoisotopic (exact) mass is 551 g/mol. The summed E-state index contributed by atoms with van der Waals surface area (Å²) in [5.74, 6) is 0.462. The molecule has 0 radical (unpaired) electrons. The van der Waals surface area contributed by atoms with Gasteiger partial charge in [-0.15, -0.1) is 24.0 Å². The number of piperazine rings is 1. The van der Waals surface area contributed by atoms with E-state index >= 15 is 0 Å². The van der Waals surface area contributed by atoms with Gasteiger partial charge in [-0.2, -0.15) is 13.2 Å². The van der Waals surface area contributed by atoms with E-state index in [-0.39, 0.29) is 42.9 Å². The molecule has 2 N–H and O–H groups in total. The molecule has 1 aliphatic heterocycles. The van der Waals surface area contributed by atoms with Gasteiger partial charge >= 0.3 is 6.18 Å². The average Bonchev–Trinajstić information content (AvgIpc) is 2.74. The Morgan fingerprint density at radius 3 is 2.52 bits per heavy atom. The topological polar surface area (TPSA) is 73.2 Å². The minimum Gasteiger partial charge on any atom is -0.506 e. The van der Waals surface area contributed by atoms with Crippen molar-refractivity contribution >= 4 is 35.6 Å². The van der Waals surface area contributed by atoms with Crippen LogP contribution in [0.4, 0.5) is 18.9 Å². The second-order valence-electron chi connectivity index (χ2n) is 6.64. The Morgan fingerprint density at radius 1 is 1.16 bits per heavy atom. The fraction of sp³-hybridized carbons (Fsp3) is 0.400. The average molecular weight is 551 g/mol. The van der Waals surface area contributed by atoms with E-state index in [9.17, 15) is 18.3 Å². The molecule has 2 heterocycles. The Morgan fingerprint density at radius 2 is 1.87 bits per heavy atom. The number of halogens is 4. The van der Waals surface area contributed by atoms with E-state index in [2.05, 4.69) is 25.1 Å². The first-order chi connectivity index (χ1) is 14.4. The number of phenols is 1. The zero-order chi connectivity index (χ0) is 21.6. The number of alkyl halides is 3. The highest BCUT2D eigenvalue weighted by Crippen LogP contribution is 2.34. The molecule has 0 spiro atoms. The van der Waals surface area contributed by atoms with Crippen molar-refractivity contribution in [2.75, 3.05) is 51.3 Å². The Balaban J connectivity index is 0.00000341. The number of hydrogen-bond donors (Lipinski definition) is 2. The lowest BCUT2D eigenvalue weighted by molar-refractivity contribution is -0.139. The zero-order valence-corrected chi connectivity index (χ0v) is 19.3. The Kier molecular flexibility index (Phi) is 9.01. The molecule has 170 valence electrons. The number of aromatic nitrogens is 1. The van der Waals surface area contributed by atoms with Gasteiger partial charge < -0.3 is 25.0 Å². The molecule has 0 aliphatic carbocycles. The largest absolute Gasteiger partial charge is 0.506 e. The summed E-state index contributed by atoms with van der Waals surface area (Å²) in [6.45, 7) is 3.08. The van der Waals surface area contributed by atoms with Gasteiger partial charge in [0.2, 0.25) is 5.88 Å². The number of aromatic hydroxyl groups is 1. The Bertz CT molecular complexity index is 874. The number of guanidine groups is 1. The van der Waals surface area contributed by atoms with Crippen molar-refractivity contribution in [3.8, 4) is 11.6 Å². The maximum absolute atomic E-state index is 13.0. The summed E-state index contributed by atoms with van der Waals surface area (Å²) in [4.78, 5) is 12.1. The zero-order valence-electron chi connectivity index (χ0n) is 17.0. The van der Waals surface area contributed by atoms with E-state index in [4.69, 9.17) is 4.74 Å². The summed E-state index contributed by atoms with van der Waals surface area (Å²) in [7, 11) is 1.65. The van der Waals surface area contributed by atoms with E-state index in [1.807, 2.05) is 12.1 Å². The van der Waals surface area contributed by atoms with Gasteiger partial charge in [0.1, 0.15) is 17.9 Å². The van der Waals surface area contributed by atoms with Crippen LogP contribution in [0.15, 0.2) is 47.6 Å².